The topological polar surface area (TPSA) is 33.6 Å². The zero-order chi connectivity index (χ0) is 11.8. The SMILES string of the molecule is FC(F)(F)CCCn1c(C2CC2)n[nH]c1=S. The maximum Gasteiger partial charge on any atom is 0.389 e. The molecule has 7 heteroatoms. The molecule has 0 saturated heterocycles. The van der Waals surface area contributed by atoms with Crippen molar-refractivity contribution in [1.29, 1.82) is 0 Å². The summed E-state index contributed by atoms with van der Waals surface area (Å²) in [5.74, 6) is 1.20. The van der Waals surface area contributed by atoms with E-state index in [0.717, 1.165) is 18.7 Å². The molecule has 1 aliphatic rings. The summed E-state index contributed by atoms with van der Waals surface area (Å²) in [6.07, 6.45) is -2.70. The van der Waals surface area contributed by atoms with E-state index in [1.54, 1.807) is 4.57 Å². The van der Waals surface area contributed by atoms with E-state index < -0.39 is 12.6 Å². The number of rotatable bonds is 4. The van der Waals surface area contributed by atoms with E-state index in [9.17, 15) is 13.2 Å². The zero-order valence-electron chi connectivity index (χ0n) is 8.55. The first-order valence-corrected chi connectivity index (χ1v) is 5.60. The second kappa shape index (κ2) is 4.20. The van der Waals surface area contributed by atoms with Crippen LogP contribution in [0, 0.1) is 4.77 Å². The van der Waals surface area contributed by atoms with Gasteiger partial charge >= 0.3 is 6.18 Å². The Bertz CT molecular complexity index is 416. The lowest BCUT2D eigenvalue weighted by Gasteiger charge is -2.08. The van der Waals surface area contributed by atoms with Crippen molar-refractivity contribution in [2.75, 3.05) is 0 Å². The summed E-state index contributed by atoms with van der Waals surface area (Å²) >= 11 is 4.99. The van der Waals surface area contributed by atoms with Crippen LogP contribution in [0.3, 0.4) is 0 Å². The molecular formula is C9H12F3N3S. The van der Waals surface area contributed by atoms with Gasteiger partial charge in [0.15, 0.2) is 4.77 Å². The predicted octanol–water partition coefficient (Wildman–Crippen LogP) is 3.16. The zero-order valence-corrected chi connectivity index (χ0v) is 9.37. The Hall–Kier alpha value is -0.850. The smallest absolute Gasteiger partial charge is 0.304 e. The van der Waals surface area contributed by atoms with Crippen LogP contribution in [-0.2, 0) is 6.54 Å². The van der Waals surface area contributed by atoms with Crippen molar-refractivity contribution in [1.82, 2.24) is 14.8 Å². The fraction of sp³-hybridized carbons (Fsp3) is 0.778. The van der Waals surface area contributed by atoms with E-state index in [-0.39, 0.29) is 6.42 Å². The van der Waals surface area contributed by atoms with Gasteiger partial charge in [0, 0.05) is 18.9 Å². The third-order valence-electron chi connectivity index (χ3n) is 2.57. The van der Waals surface area contributed by atoms with E-state index in [2.05, 4.69) is 10.2 Å². The molecule has 2 rings (SSSR count). The standard InChI is InChI=1S/C9H12F3N3S/c10-9(11,12)4-1-5-15-7(6-2-3-6)13-14-8(15)16/h6H,1-5H2,(H,14,16). The maximum absolute atomic E-state index is 12.0. The predicted molar refractivity (Wildman–Crippen MR) is 54.7 cm³/mol. The van der Waals surface area contributed by atoms with Gasteiger partial charge in [0.1, 0.15) is 5.82 Å². The minimum atomic E-state index is -4.09. The van der Waals surface area contributed by atoms with E-state index in [0.29, 0.717) is 17.2 Å². The van der Waals surface area contributed by atoms with Crippen LogP contribution in [0.2, 0.25) is 0 Å². The van der Waals surface area contributed by atoms with Gasteiger partial charge in [-0.2, -0.15) is 18.3 Å². The van der Waals surface area contributed by atoms with Gasteiger partial charge in [0.05, 0.1) is 0 Å². The van der Waals surface area contributed by atoms with Crippen LogP contribution in [0.15, 0.2) is 0 Å². The summed E-state index contributed by atoms with van der Waals surface area (Å²) < 4.78 is 38.1. The van der Waals surface area contributed by atoms with E-state index in [1.165, 1.54) is 0 Å². The molecule has 1 aromatic rings. The molecule has 1 N–H and O–H groups in total. The van der Waals surface area contributed by atoms with Crippen molar-refractivity contribution in [3.8, 4) is 0 Å². The highest BCUT2D eigenvalue weighted by atomic mass is 32.1. The lowest BCUT2D eigenvalue weighted by Crippen LogP contribution is -2.10. The van der Waals surface area contributed by atoms with Gasteiger partial charge in [-0.1, -0.05) is 0 Å². The minimum Gasteiger partial charge on any atom is -0.304 e. The van der Waals surface area contributed by atoms with Gasteiger partial charge in [-0.05, 0) is 31.5 Å². The van der Waals surface area contributed by atoms with Gasteiger partial charge in [-0.3, -0.25) is 5.10 Å². The van der Waals surface area contributed by atoms with Crippen molar-refractivity contribution in [2.45, 2.75) is 44.3 Å². The number of nitrogens with zero attached hydrogens (tertiary/aromatic N) is 2. The molecule has 1 heterocycles. The summed E-state index contributed by atoms with van der Waals surface area (Å²) in [7, 11) is 0. The second-order valence-electron chi connectivity index (χ2n) is 4.03. The molecule has 0 atom stereocenters. The van der Waals surface area contributed by atoms with Crippen LogP contribution in [0.5, 0.6) is 0 Å². The molecule has 0 amide bonds. The Balaban J connectivity index is 1.98. The Morgan fingerprint density at radius 3 is 2.69 bits per heavy atom. The molecule has 0 aromatic carbocycles. The molecule has 0 unspecified atom stereocenters. The Morgan fingerprint density at radius 2 is 2.12 bits per heavy atom. The molecule has 0 spiro atoms. The fourth-order valence-corrected chi connectivity index (χ4v) is 1.87. The first-order valence-electron chi connectivity index (χ1n) is 5.19. The van der Waals surface area contributed by atoms with Gasteiger partial charge in [-0.25, -0.2) is 0 Å². The first-order chi connectivity index (χ1) is 7.47. The third kappa shape index (κ3) is 2.84. The lowest BCUT2D eigenvalue weighted by molar-refractivity contribution is -0.135. The average Bonchev–Trinajstić information content (AvgIpc) is 2.92. The van der Waals surface area contributed by atoms with Crippen LogP contribution in [0.25, 0.3) is 0 Å². The van der Waals surface area contributed by atoms with Crippen molar-refractivity contribution in [3.05, 3.63) is 10.6 Å². The van der Waals surface area contributed by atoms with Gasteiger partial charge < -0.3 is 4.57 Å². The molecule has 16 heavy (non-hydrogen) atoms. The monoisotopic (exact) mass is 251 g/mol. The second-order valence-corrected chi connectivity index (χ2v) is 4.42. The molecule has 1 fully saturated rings. The number of aromatic amines is 1. The number of aromatic nitrogens is 3. The van der Waals surface area contributed by atoms with Crippen LogP contribution in [0.4, 0.5) is 13.2 Å². The number of halogens is 3. The van der Waals surface area contributed by atoms with Gasteiger partial charge in [0.2, 0.25) is 0 Å². The summed E-state index contributed by atoms with van der Waals surface area (Å²) in [5.41, 5.74) is 0. The Labute approximate surface area is 95.7 Å². The summed E-state index contributed by atoms with van der Waals surface area (Å²) in [4.78, 5) is 0. The van der Waals surface area contributed by atoms with E-state index in [1.807, 2.05) is 0 Å². The third-order valence-corrected chi connectivity index (χ3v) is 2.88. The molecule has 1 saturated carbocycles. The molecule has 0 radical (unpaired) electrons. The number of nitrogens with one attached hydrogen (secondary N) is 1. The molecule has 1 aliphatic carbocycles. The highest BCUT2D eigenvalue weighted by molar-refractivity contribution is 7.71. The van der Waals surface area contributed by atoms with Crippen molar-refractivity contribution < 1.29 is 13.2 Å². The first kappa shape index (κ1) is 11.6. The molecule has 3 nitrogen and oxygen atoms in total. The quantitative estimate of drug-likeness (QED) is 0.834. The Morgan fingerprint density at radius 1 is 1.44 bits per heavy atom. The van der Waals surface area contributed by atoms with Crippen molar-refractivity contribution >= 4 is 12.2 Å². The van der Waals surface area contributed by atoms with E-state index in [4.69, 9.17) is 12.2 Å². The highest BCUT2D eigenvalue weighted by Crippen LogP contribution is 2.39. The Kier molecular flexibility index (Phi) is 3.05. The highest BCUT2D eigenvalue weighted by Gasteiger charge is 2.30. The van der Waals surface area contributed by atoms with Crippen LogP contribution in [0.1, 0.15) is 37.4 Å². The summed E-state index contributed by atoms with van der Waals surface area (Å²) in [5, 5.41) is 6.70. The number of alkyl halides is 3. The number of hydrogen-bond acceptors (Lipinski definition) is 2. The molecule has 1 aromatic heterocycles. The average molecular weight is 251 g/mol. The largest absolute Gasteiger partial charge is 0.389 e. The van der Waals surface area contributed by atoms with Crippen LogP contribution in [-0.4, -0.2) is 20.9 Å². The van der Waals surface area contributed by atoms with Crippen LogP contribution >= 0.6 is 12.2 Å². The summed E-state index contributed by atoms with van der Waals surface area (Å²) in [6, 6.07) is 0. The number of H-pyrrole nitrogens is 1. The maximum atomic E-state index is 12.0. The van der Waals surface area contributed by atoms with Gasteiger partial charge in [-0.15, -0.1) is 0 Å². The van der Waals surface area contributed by atoms with E-state index >= 15 is 0 Å². The fourth-order valence-electron chi connectivity index (χ4n) is 1.64. The molecule has 90 valence electrons. The van der Waals surface area contributed by atoms with Gasteiger partial charge in [0.25, 0.3) is 0 Å². The van der Waals surface area contributed by atoms with Crippen molar-refractivity contribution in [3.63, 3.8) is 0 Å². The van der Waals surface area contributed by atoms with Crippen LogP contribution < -0.4 is 0 Å². The summed E-state index contributed by atoms with van der Waals surface area (Å²) in [6.45, 7) is 0.292. The minimum absolute atomic E-state index is 0.0526. The molecule has 0 bridgehead atoms. The molecular weight excluding hydrogens is 239 g/mol. The lowest BCUT2D eigenvalue weighted by atomic mass is 10.3. The number of hydrogen-bond donors (Lipinski definition) is 1. The molecule has 0 aliphatic heterocycles. The normalized spacial score (nSPS) is 16.7. The van der Waals surface area contributed by atoms with Crippen molar-refractivity contribution in [2.24, 2.45) is 0 Å².